The lowest BCUT2D eigenvalue weighted by atomic mass is 10.0. The second-order valence-corrected chi connectivity index (χ2v) is 6.70. The maximum atomic E-state index is 13.0. The Hall–Kier alpha value is -3.80. The molecular formula is C24H20FNO4. The van der Waals surface area contributed by atoms with Gasteiger partial charge in [0, 0.05) is 18.1 Å². The first kappa shape index (κ1) is 20.9. The van der Waals surface area contributed by atoms with E-state index in [0.717, 1.165) is 5.56 Å². The molecule has 6 heteroatoms. The van der Waals surface area contributed by atoms with E-state index in [-0.39, 0.29) is 23.9 Å². The Balaban J connectivity index is 1.65. The number of ether oxygens (including phenoxy) is 1. The number of carbonyl (C=O) groups excluding carboxylic acids is 3. The molecule has 0 radical (unpaired) electrons. The van der Waals surface area contributed by atoms with E-state index in [0.29, 0.717) is 11.1 Å². The molecule has 1 amide bonds. The van der Waals surface area contributed by atoms with Gasteiger partial charge in [0.2, 0.25) is 5.91 Å². The molecule has 3 aromatic rings. The smallest absolute Gasteiger partial charge is 0.313 e. The van der Waals surface area contributed by atoms with Crippen molar-refractivity contribution in [1.82, 2.24) is 5.32 Å². The van der Waals surface area contributed by atoms with Crippen molar-refractivity contribution < 1.29 is 23.5 Å². The predicted octanol–water partition coefficient (Wildman–Crippen LogP) is 4.23. The van der Waals surface area contributed by atoms with Gasteiger partial charge in [-0.3, -0.25) is 14.4 Å². The number of amides is 1. The van der Waals surface area contributed by atoms with Gasteiger partial charge in [-0.1, -0.05) is 30.3 Å². The van der Waals surface area contributed by atoms with Crippen LogP contribution in [0.2, 0.25) is 0 Å². The lowest BCUT2D eigenvalue weighted by Crippen LogP contribution is -2.29. The normalized spacial score (nSPS) is 11.4. The molecular weight excluding hydrogens is 385 g/mol. The largest absolute Gasteiger partial charge is 0.426 e. The zero-order valence-electron chi connectivity index (χ0n) is 16.3. The zero-order valence-corrected chi connectivity index (χ0v) is 16.3. The molecule has 0 aliphatic heterocycles. The molecule has 0 fully saturated rings. The van der Waals surface area contributed by atoms with E-state index in [2.05, 4.69) is 5.32 Å². The third-order valence-corrected chi connectivity index (χ3v) is 4.40. The van der Waals surface area contributed by atoms with Crippen molar-refractivity contribution in [1.29, 1.82) is 0 Å². The van der Waals surface area contributed by atoms with Gasteiger partial charge in [0.15, 0.2) is 5.78 Å². The Morgan fingerprint density at radius 3 is 2.00 bits per heavy atom. The van der Waals surface area contributed by atoms with Gasteiger partial charge >= 0.3 is 5.97 Å². The Bertz CT molecular complexity index is 1030. The van der Waals surface area contributed by atoms with Crippen molar-refractivity contribution >= 4 is 17.7 Å². The van der Waals surface area contributed by atoms with Crippen LogP contribution in [0.25, 0.3) is 0 Å². The van der Waals surface area contributed by atoms with Gasteiger partial charge in [0.1, 0.15) is 11.6 Å². The van der Waals surface area contributed by atoms with Crippen LogP contribution < -0.4 is 10.1 Å². The number of hydrogen-bond donors (Lipinski definition) is 1. The van der Waals surface area contributed by atoms with Crippen LogP contribution in [0.1, 0.15) is 40.9 Å². The number of halogens is 1. The summed E-state index contributed by atoms with van der Waals surface area (Å²) in [5.74, 6) is -1.16. The number of ketones is 1. The summed E-state index contributed by atoms with van der Waals surface area (Å²) < 4.78 is 18.4. The molecule has 0 saturated carbocycles. The van der Waals surface area contributed by atoms with Gasteiger partial charge in [-0.15, -0.1) is 0 Å². The summed E-state index contributed by atoms with van der Waals surface area (Å²) >= 11 is 0. The third kappa shape index (κ3) is 5.61. The van der Waals surface area contributed by atoms with E-state index < -0.39 is 17.8 Å². The van der Waals surface area contributed by atoms with Crippen molar-refractivity contribution in [2.45, 2.75) is 19.4 Å². The van der Waals surface area contributed by atoms with Crippen LogP contribution in [0.3, 0.4) is 0 Å². The fourth-order valence-electron chi connectivity index (χ4n) is 2.96. The number of esters is 1. The van der Waals surface area contributed by atoms with Crippen LogP contribution in [-0.4, -0.2) is 17.7 Å². The molecule has 5 nitrogen and oxygen atoms in total. The fraction of sp³-hybridized carbons (Fsp3) is 0.125. The second-order valence-electron chi connectivity index (χ2n) is 6.70. The summed E-state index contributed by atoms with van der Waals surface area (Å²) in [6.07, 6.45) is -0.0418. The first-order valence-corrected chi connectivity index (χ1v) is 9.35. The minimum absolute atomic E-state index is 0.0418. The summed E-state index contributed by atoms with van der Waals surface area (Å²) in [6.45, 7) is 1.39. The van der Waals surface area contributed by atoms with Crippen LogP contribution in [0.4, 0.5) is 4.39 Å². The number of nitrogens with one attached hydrogen (secondary N) is 1. The molecule has 1 N–H and O–H groups in total. The topological polar surface area (TPSA) is 72.5 Å². The number of rotatable bonds is 7. The van der Waals surface area contributed by atoms with Crippen molar-refractivity contribution in [3.63, 3.8) is 0 Å². The van der Waals surface area contributed by atoms with Gasteiger partial charge in [-0.25, -0.2) is 4.39 Å². The Morgan fingerprint density at radius 2 is 1.43 bits per heavy atom. The van der Waals surface area contributed by atoms with Gasteiger partial charge in [0.25, 0.3) is 0 Å². The van der Waals surface area contributed by atoms with E-state index in [1.165, 1.54) is 55.5 Å². The van der Waals surface area contributed by atoms with E-state index in [1.807, 2.05) is 30.3 Å². The average Bonchev–Trinajstić information content (AvgIpc) is 2.74. The third-order valence-electron chi connectivity index (χ3n) is 4.40. The maximum Gasteiger partial charge on any atom is 0.313 e. The Labute approximate surface area is 173 Å². The summed E-state index contributed by atoms with van der Waals surface area (Å²) in [7, 11) is 0. The maximum absolute atomic E-state index is 13.0. The standard InChI is InChI=1S/C24H20FNO4/c1-16(27)26-22(17-5-3-2-4-6-17)15-23(28)30-21-13-9-19(10-14-21)24(29)18-7-11-20(25)12-8-18/h2-14,22H,15H2,1H3,(H,26,27)/t22-/m0/s1. The van der Waals surface area contributed by atoms with Crippen molar-refractivity contribution in [2.75, 3.05) is 0 Å². The van der Waals surface area contributed by atoms with E-state index in [1.54, 1.807) is 0 Å². The van der Waals surface area contributed by atoms with Gasteiger partial charge < -0.3 is 10.1 Å². The molecule has 0 spiro atoms. The van der Waals surface area contributed by atoms with Crippen LogP contribution in [-0.2, 0) is 9.59 Å². The minimum Gasteiger partial charge on any atom is -0.426 e. The summed E-state index contributed by atoms with van der Waals surface area (Å²) in [4.78, 5) is 36.3. The monoisotopic (exact) mass is 405 g/mol. The Morgan fingerprint density at radius 1 is 0.867 bits per heavy atom. The minimum atomic E-state index is -0.518. The van der Waals surface area contributed by atoms with Gasteiger partial charge in [0.05, 0.1) is 12.5 Å². The van der Waals surface area contributed by atoms with Crippen molar-refractivity contribution in [2.24, 2.45) is 0 Å². The molecule has 0 unspecified atom stereocenters. The lowest BCUT2D eigenvalue weighted by Gasteiger charge is -2.17. The highest BCUT2D eigenvalue weighted by atomic mass is 19.1. The van der Waals surface area contributed by atoms with E-state index >= 15 is 0 Å². The number of hydrogen-bond acceptors (Lipinski definition) is 4. The van der Waals surface area contributed by atoms with Crippen LogP contribution in [0.15, 0.2) is 78.9 Å². The average molecular weight is 405 g/mol. The molecule has 30 heavy (non-hydrogen) atoms. The van der Waals surface area contributed by atoms with Crippen LogP contribution in [0.5, 0.6) is 5.75 Å². The van der Waals surface area contributed by atoms with E-state index in [9.17, 15) is 18.8 Å². The molecule has 0 heterocycles. The van der Waals surface area contributed by atoms with Gasteiger partial charge in [-0.05, 0) is 54.1 Å². The highest BCUT2D eigenvalue weighted by Gasteiger charge is 2.18. The summed E-state index contributed by atoms with van der Waals surface area (Å²) in [5, 5.41) is 2.75. The molecule has 0 aliphatic carbocycles. The van der Waals surface area contributed by atoms with Crippen molar-refractivity contribution in [3.05, 3.63) is 101 Å². The van der Waals surface area contributed by atoms with Crippen LogP contribution in [0, 0.1) is 5.82 Å². The van der Waals surface area contributed by atoms with Crippen LogP contribution >= 0.6 is 0 Å². The zero-order chi connectivity index (χ0) is 21.5. The first-order valence-electron chi connectivity index (χ1n) is 9.35. The highest BCUT2D eigenvalue weighted by Crippen LogP contribution is 2.20. The fourth-order valence-corrected chi connectivity index (χ4v) is 2.96. The first-order chi connectivity index (χ1) is 14.4. The lowest BCUT2D eigenvalue weighted by molar-refractivity contribution is -0.135. The molecule has 0 bridgehead atoms. The highest BCUT2D eigenvalue weighted by molar-refractivity contribution is 6.09. The predicted molar refractivity (Wildman–Crippen MR) is 110 cm³/mol. The summed E-state index contributed by atoms with van der Waals surface area (Å²) in [5.41, 5.74) is 1.55. The van der Waals surface area contributed by atoms with Crippen molar-refractivity contribution in [3.8, 4) is 5.75 Å². The molecule has 0 aromatic heterocycles. The van der Waals surface area contributed by atoms with Gasteiger partial charge in [-0.2, -0.15) is 0 Å². The molecule has 3 aromatic carbocycles. The molecule has 0 aliphatic rings. The number of benzene rings is 3. The SMILES string of the molecule is CC(=O)N[C@@H](CC(=O)Oc1ccc(C(=O)c2ccc(F)cc2)cc1)c1ccccc1. The van der Waals surface area contributed by atoms with E-state index in [4.69, 9.17) is 4.74 Å². The molecule has 0 saturated heterocycles. The molecule has 1 atom stereocenters. The number of carbonyl (C=O) groups is 3. The molecule has 152 valence electrons. The second kappa shape index (κ2) is 9.60. The Kier molecular flexibility index (Phi) is 6.70. The summed E-state index contributed by atoms with van der Waals surface area (Å²) in [6, 6.07) is 20.0. The quantitative estimate of drug-likeness (QED) is 0.363. The molecule has 3 rings (SSSR count).